The predicted octanol–water partition coefficient (Wildman–Crippen LogP) is 2.79. The van der Waals surface area contributed by atoms with Gasteiger partial charge in [0.25, 0.3) is 5.56 Å². The molecule has 0 saturated heterocycles. The van der Waals surface area contributed by atoms with Gasteiger partial charge < -0.3 is 15.5 Å². The fourth-order valence-electron chi connectivity index (χ4n) is 2.26. The molecule has 24 heavy (non-hydrogen) atoms. The van der Waals surface area contributed by atoms with Gasteiger partial charge in [-0.2, -0.15) is 10.5 Å². The maximum Gasteiger partial charge on any atom is 0.268 e. The summed E-state index contributed by atoms with van der Waals surface area (Å²) < 4.78 is 5.65. The maximum atomic E-state index is 11.9. The van der Waals surface area contributed by atoms with Gasteiger partial charge in [-0.05, 0) is 30.0 Å². The minimum atomic E-state index is -0.610. The third kappa shape index (κ3) is 3.56. The standard InChI is InChI=1S/C18H18N4O2/c1-11(2)7-8-24-13-5-3-12(4-6-13)16-14(9-19)17(21)22-18(23)15(16)10-20/h3-6,11H,7-8H2,1-2H3,(H3,21,22,23). The van der Waals surface area contributed by atoms with Crippen molar-refractivity contribution in [3.8, 4) is 29.0 Å². The van der Waals surface area contributed by atoms with Crippen molar-refractivity contribution in [1.82, 2.24) is 4.98 Å². The number of hydrogen-bond acceptors (Lipinski definition) is 5. The van der Waals surface area contributed by atoms with Crippen molar-refractivity contribution in [2.45, 2.75) is 20.3 Å². The highest BCUT2D eigenvalue weighted by Gasteiger charge is 2.17. The van der Waals surface area contributed by atoms with Crippen LogP contribution in [0.3, 0.4) is 0 Å². The van der Waals surface area contributed by atoms with Crippen molar-refractivity contribution in [1.29, 1.82) is 10.5 Å². The van der Waals surface area contributed by atoms with E-state index in [0.29, 0.717) is 23.8 Å². The van der Waals surface area contributed by atoms with Crippen molar-refractivity contribution in [2.75, 3.05) is 12.3 Å². The van der Waals surface area contributed by atoms with E-state index in [2.05, 4.69) is 18.8 Å². The molecule has 2 rings (SSSR count). The number of benzene rings is 1. The molecule has 3 N–H and O–H groups in total. The Kier molecular flexibility index (Phi) is 5.23. The van der Waals surface area contributed by atoms with E-state index in [1.807, 2.05) is 12.1 Å². The van der Waals surface area contributed by atoms with Gasteiger partial charge in [-0.3, -0.25) is 4.79 Å². The van der Waals surface area contributed by atoms with Crippen molar-refractivity contribution in [3.05, 3.63) is 45.7 Å². The smallest absolute Gasteiger partial charge is 0.268 e. The number of hydrogen-bond donors (Lipinski definition) is 2. The molecule has 0 atom stereocenters. The number of pyridine rings is 1. The second kappa shape index (κ2) is 7.34. The molecule has 6 nitrogen and oxygen atoms in total. The summed E-state index contributed by atoms with van der Waals surface area (Å²) in [5, 5.41) is 18.6. The summed E-state index contributed by atoms with van der Waals surface area (Å²) >= 11 is 0. The molecule has 122 valence electrons. The third-order valence-electron chi connectivity index (χ3n) is 3.58. The predicted molar refractivity (Wildman–Crippen MR) is 91.3 cm³/mol. The largest absolute Gasteiger partial charge is 0.494 e. The fourth-order valence-corrected chi connectivity index (χ4v) is 2.26. The second-order valence-electron chi connectivity index (χ2n) is 5.77. The van der Waals surface area contributed by atoms with Gasteiger partial charge in [-0.1, -0.05) is 26.0 Å². The van der Waals surface area contributed by atoms with Gasteiger partial charge in [0.1, 0.15) is 34.8 Å². The number of aromatic nitrogens is 1. The molecule has 0 fully saturated rings. The Morgan fingerprint density at radius 2 is 1.79 bits per heavy atom. The monoisotopic (exact) mass is 322 g/mol. The summed E-state index contributed by atoms with van der Waals surface area (Å²) in [5.74, 6) is 1.20. The van der Waals surface area contributed by atoms with Crippen LogP contribution in [0.2, 0.25) is 0 Å². The first-order valence-electron chi connectivity index (χ1n) is 7.57. The van der Waals surface area contributed by atoms with Gasteiger partial charge in [0.15, 0.2) is 0 Å². The van der Waals surface area contributed by atoms with E-state index in [-0.39, 0.29) is 22.5 Å². The summed E-state index contributed by atoms with van der Waals surface area (Å²) in [6.45, 7) is 4.86. The lowest BCUT2D eigenvalue weighted by Gasteiger charge is -2.11. The maximum absolute atomic E-state index is 11.9. The van der Waals surface area contributed by atoms with Gasteiger partial charge in [-0.25, -0.2) is 0 Å². The zero-order valence-electron chi connectivity index (χ0n) is 13.6. The van der Waals surface area contributed by atoms with Crippen LogP contribution < -0.4 is 16.0 Å². The van der Waals surface area contributed by atoms with Gasteiger partial charge in [0.2, 0.25) is 0 Å². The van der Waals surface area contributed by atoms with Crippen molar-refractivity contribution < 1.29 is 4.74 Å². The van der Waals surface area contributed by atoms with Crippen molar-refractivity contribution >= 4 is 5.82 Å². The fraction of sp³-hybridized carbons (Fsp3) is 0.278. The molecule has 0 aliphatic rings. The molecule has 0 aliphatic carbocycles. The molecule has 0 bridgehead atoms. The van der Waals surface area contributed by atoms with Crippen LogP contribution in [0.25, 0.3) is 11.1 Å². The molecule has 0 spiro atoms. The lowest BCUT2D eigenvalue weighted by Crippen LogP contribution is -2.16. The van der Waals surface area contributed by atoms with E-state index in [1.165, 1.54) is 0 Å². The summed E-state index contributed by atoms with van der Waals surface area (Å²) in [6, 6.07) is 10.7. The Balaban J connectivity index is 2.41. The first-order valence-corrected chi connectivity index (χ1v) is 7.57. The Bertz CT molecular complexity index is 868. The number of nitrogens with one attached hydrogen (secondary N) is 1. The molecule has 0 saturated carbocycles. The highest BCUT2D eigenvalue weighted by Crippen LogP contribution is 2.29. The van der Waals surface area contributed by atoms with Gasteiger partial charge in [0, 0.05) is 5.56 Å². The Morgan fingerprint density at radius 3 is 2.33 bits per heavy atom. The van der Waals surface area contributed by atoms with Gasteiger partial charge in [0.05, 0.1) is 6.61 Å². The van der Waals surface area contributed by atoms with Crippen LogP contribution in [-0.4, -0.2) is 11.6 Å². The quantitative estimate of drug-likeness (QED) is 0.878. The lowest BCUT2D eigenvalue weighted by molar-refractivity contribution is 0.289. The van der Waals surface area contributed by atoms with E-state index in [1.54, 1.807) is 24.3 Å². The topological polar surface area (TPSA) is 116 Å². The molecule has 6 heteroatoms. The number of nitriles is 2. The SMILES string of the molecule is CC(C)CCOc1ccc(-c2c(C#N)c(N)[nH]c(=O)c2C#N)cc1. The molecule has 0 aliphatic heterocycles. The number of rotatable bonds is 5. The van der Waals surface area contributed by atoms with Crippen LogP contribution in [-0.2, 0) is 0 Å². The Hall–Kier alpha value is -3.25. The van der Waals surface area contributed by atoms with Crippen molar-refractivity contribution in [2.24, 2.45) is 5.92 Å². The molecular formula is C18H18N4O2. The number of nitrogen functional groups attached to an aromatic ring is 1. The molecular weight excluding hydrogens is 304 g/mol. The molecule has 2 aromatic rings. The summed E-state index contributed by atoms with van der Waals surface area (Å²) in [4.78, 5) is 14.2. The highest BCUT2D eigenvalue weighted by molar-refractivity contribution is 5.80. The normalized spacial score (nSPS) is 10.2. The average Bonchev–Trinajstić information content (AvgIpc) is 2.54. The number of aromatic amines is 1. The van der Waals surface area contributed by atoms with E-state index >= 15 is 0 Å². The van der Waals surface area contributed by atoms with E-state index in [9.17, 15) is 15.3 Å². The molecule has 0 unspecified atom stereocenters. The lowest BCUT2D eigenvalue weighted by atomic mass is 9.96. The number of anilines is 1. The van der Waals surface area contributed by atoms with Crippen LogP contribution in [0.4, 0.5) is 5.82 Å². The van der Waals surface area contributed by atoms with Crippen LogP contribution in [0.15, 0.2) is 29.1 Å². The van der Waals surface area contributed by atoms with E-state index in [4.69, 9.17) is 10.5 Å². The van der Waals surface area contributed by atoms with Crippen molar-refractivity contribution in [3.63, 3.8) is 0 Å². The minimum absolute atomic E-state index is 0.0474. The van der Waals surface area contributed by atoms with E-state index < -0.39 is 5.56 Å². The van der Waals surface area contributed by atoms with E-state index in [0.717, 1.165) is 6.42 Å². The highest BCUT2D eigenvalue weighted by atomic mass is 16.5. The number of nitrogens with two attached hydrogens (primary N) is 1. The Morgan fingerprint density at radius 1 is 1.17 bits per heavy atom. The first kappa shape index (κ1) is 17.1. The van der Waals surface area contributed by atoms with Crippen LogP contribution >= 0.6 is 0 Å². The van der Waals surface area contributed by atoms with Crippen LogP contribution in [0, 0.1) is 28.6 Å². The average molecular weight is 322 g/mol. The summed E-state index contributed by atoms with van der Waals surface area (Å²) in [7, 11) is 0. The van der Waals surface area contributed by atoms with Crippen LogP contribution in [0.5, 0.6) is 5.75 Å². The van der Waals surface area contributed by atoms with Crippen LogP contribution in [0.1, 0.15) is 31.4 Å². The minimum Gasteiger partial charge on any atom is -0.494 e. The third-order valence-corrected chi connectivity index (χ3v) is 3.58. The molecule has 1 aromatic carbocycles. The summed E-state index contributed by atoms with van der Waals surface area (Å²) in [6.07, 6.45) is 0.948. The van der Waals surface area contributed by atoms with Gasteiger partial charge >= 0.3 is 0 Å². The van der Waals surface area contributed by atoms with Gasteiger partial charge in [-0.15, -0.1) is 0 Å². The second-order valence-corrected chi connectivity index (χ2v) is 5.77. The number of nitrogens with zero attached hydrogens (tertiary/aromatic N) is 2. The summed E-state index contributed by atoms with van der Waals surface area (Å²) in [5.41, 5.74) is 5.86. The Labute approximate surface area is 140 Å². The number of ether oxygens (including phenoxy) is 1. The molecule has 1 aromatic heterocycles. The molecule has 1 heterocycles. The first-order chi connectivity index (χ1) is 11.5. The molecule has 0 radical (unpaired) electrons. The zero-order valence-corrected chi connectivity index (χ0v) is 13.6. The zero-order chi connectivity index (χ0) is 17.7. The number of H-pyrrole nitrogens is 1. The molecule has 0 amide bonds.